The van der Waals surface area contributed by atoms with Crippen molar-refractivity contribution in [2.75, 3.05) is 26.2 Å². The van der Waals surface area contributed by atoms with E-state index in [1.807, 2.05) is 42.5 Å². The molecule has 0 radical (unpaired) electrons. The molecular formula is C26H29N3O4. The number of carboxylic acid groups (broad SMARTS) is 1. The number of ether oxygens (including phenoxy) is 1. The molecule has 0 aromatic heterocycles. The summed E-state index contributed by atoms with van der Waals surface area (Å²) in [5.74, 6) is -0.658. The van der Waals surface area contributed by atoms with Gasteiger partial charge in [-0.15, -0.1) is 0 Å². The second kappa shape index (κ2) is 10.5. The summed E-state index contributed by atoms with van der Waals surface area (Å²) in [7, 11) is 0. The molecule has 0 saturated carbocycles. The molecule has 33 heavy (non-hydrogen) atoms. The SMILES string of the molecule is CC(Oc1ccc2cc(CC(NC(=O)c3ccccc3)C(=O)O)ccc2c1)N1CCNCC1. The zero-order valence-corrected chi connectivity index (χ0v) is 18.7. The van der Waals surface area contributed by atoms with Crippen molar-refractivity contribution in [1.29, 1.82) is 0 Å². The number of carbonyl (C=O) groups excluding carboxylic acids is 1. The molecule has 7 heteroatoms. The number of aliphatic carboxylic acids is 1. The van der Waals surface area contributed by atoms with Gasteiger partial charge < -0.3 is 20.5 Å². The van der Waals surface area contributed by atoms with Gasteiger partial charge in [0.05, 0.1) is 0 Å². The number of hydrogen-bond donors (Lipinski definition) is 3. The van der Waals surface area contributed by atoms with E-state index in [0.717, 1.165) is 48.3 Å². The van der Waals surface area contributed by atoms with Crippen LogP contribution in [0.4, 0.5) is 0 Å². The first kappa shape index (κ1) is 22.8. The molecule has 3 N–H and O–H groups in total. The molecular weight excluding hydrogens is 418 g/mol. The first-order valence-corrected chi connectivity index (χ1v) is 11.2. The molecule has 4 rings (SSSR count). The zero-order valence-electron chi connectivity index (χ0n) is 18.7. The number of nitrogens with zero attached hydrogens (tertiary/aromatic N) is 1. The van der Waals surface area contributed by atoms with Gasteiger partial charge in [-0.1, -0.05) is 42.5 Å². The van der Waals surface area contributed by atoms with E-state index in [2.05, 4.69) is 22.5 Å². The van der Waals surface area contributed by atoms with Crippen molar-refractivity contribution in [3.05, 3.63) is 77.9 Å². The largest absolute Gasteiger partial charge is 0.480 e. The fourth-order valence-corrected chi connectivity index (χ4v) is 4.06. The maximum Gasteiger partial charge on any atom is 0.326 e. The van der Waals surface area contributed by atoms with Gasteiger partial charge in [-0.2, -0.15) is 0 Å². The fraction of sp³-hybridized carbons (Fsp3) is 0.308. The van der Waals surface area contributed by atoms with Crippen LogP contribution in [0.3, 0.4) is 0 Å². The third-order valence-electron chi connectivity index (χ3n) is 5.93. The van der Waals surface area contributed by atoms with Crippen molar-refractivity contribution in [3.8, 4) is 5.75 Å². The summed E-state index contributed by atoms with van der Waals surface area (Å²) >= 11 is 0. The zero-order chi connectivity index (χ0) is 23.2. The van der Waals surface area contributed by atoms with Gasteiger partial charge in [-0.25, -0.2) is 4.79 Å². The maximum absolute atomic E-state index is 12.4. The molecule has 1 heterocycles. The second-order valence-corrected chi connectivity index (χ2v) is 8.28. The van der Waals surface area contributed by atoms with Crippen LogP contribution in [0.5, 0.6) is 5.75 Å². The van der Waals surface area contributed by atoms with Crippen molar-refractivity contribution in [1.82, 2.24) is 15.5 Å². The molecule has 1 amide bonds. The van der Waals surface area contributed by atoms with Crippen molar-refractivity contribution >= 4 is 22.6 Å². The fourth-order valence-electron chi connectivity index (χ4n) is 4.06. The van der Waals surface area contributed by atoms with E-state index in [4.69, 9.17) is 4.74 Å². The standard InChI is InChI=1S/C26H29N3O4/c1-18(29-13-11-27-12-14-29)33-23-10-9-21-15-19(7-8-22(21)17-23)16-24(26(31)32)28-25(30)20-5-3-2-4-6-20/h2-10,15,17-18,24,27H,11-14,16H2,1H3,(H,28,30)(H,31,32). The van der Waals surface area contributed by atoms with E-state index in [0.29, 0.717) is 5.56 Å². The number of fused-ring (bicyclic) bond motifs is 1. The van der Waals surface area contributed by atoms with E-state index >= 15 is 0 Å². The normalized spacial score (nSPS) is 16.2. The molecule has 3 aromatic carbocycles. The summed E-state index contributed by atoms with van der Waals surface area (Å²) < 4.78 is 6.15. The predicted molar refractivity (Wildman–Crippen MR) is 128 cm³/mol. The van der Waals surface area contributed by atoms with Gasteiger partial charge in [-0.05, 0) is 47.5 Å². The van der Waals surface area contributed by atoms with E-state index in [1.165, 1.54) is 0 Å². The van der Waals surface area contributed by atoms with E-state index < -0.39 is 17.9 Å². The molecule has 1 aliphatic heterocycles. The van der Waals surface area contributed by atoms with Crippen LogP contribution < -0.4 is 15.4 Å². The van der Waals surface area contributed by atoms with Gasteiger partial charge >= 0.3 is 5.97 Å². The molecule has 1 aliphatic rings. The lowest BCUT2D eigenvalue weighted by Gasteiger charge is -2.32. The Morgan fingerprint density at radius 3 is 2.45 bits per heavy atom. The van der Waals surface area contributed by atoms with Gasteiger partial charge in [0.1, 0.15) is 18.0 Å². The molecule has 0 spiro atoms. The highest BCUT2D eigenvalue weighted by atomic mass is 16.5. The molecule has 3 aromatic rings. The summed E-state index contributed by atoms with van der Waals surface area (Å²) in [4.78, 5) is 26.5. The minimum atomic E-state index is -1.06. The topological polar surface area (TPSA) is 90.9 Å². The van der Waals surface area contributed by atoms with Gasteiger partial charge in [0.25, 0.3) is 5.91 Å². The Hall–Kier alpha value is -3.42. The molecule has 1 saturated heterocycles. The Balaban J connectivity index is 1.43. The number of nitrogens with one attached hydrogen (secondary N) is 2. The summed E-state index contributed by atoms with van der Waals surface area (Å²) in [6, 6.07) is 19.4. The third-order valence-corrected chi connectivity index (χ3v) is 5.93. The minimum absolute atomic E-state index is 0.00614. The van der Waals surface area contributed by atoms with Crippen LogP contribution in [-0.2, 0) is 11.2 Å². The summed E-state index contributed by atoms with van der Waals surface area (Å²) in [6.07, 6.45) is 0.190. The molecule has 0 aliphatic carbocycles. The molecule has 7 nitrogen and oxygen atoms in total. The number of benzene rings is 3. The molecule has 0 bridgehead atoms. The molecule has 172 valence electrons. The summed E-state index contributed by atoms with van der Waals surface area (Å²) in [5, 5.41) is 17.6. The Morgan fingerprint density at radius 1 is 1.03 bits per heavy atom. The average Bonchev–Trinajstić information content (AvgIpc) is 2.84. The van der Waals surface area contributed by atoms with Gasteiger partial charge in [-0.3, -0.25) is 9.69 Å². The van der Waals surface area contributed by atoms with Gasteiger partial charge in [0.2, 0.25) is 0 Å². The van der Waals surface area contributed by atoms with Gasteiger partial charge in [0.15, 0.2) is 0 Å². The summed E-state index contributed by atoms with van der Waals surface area (Å²) in [6.45, 7) is 5.93. The third kappa shape index (κ3) is 5.88. The average molecular weight is 448 g/mol. The lowest BCUT2D eigenvalue weighted by atomic mass is 10.0. The van der Waals surface area contributed by atoms with E-state index in [-0.39, 0.29) is 12.6 Å². The monoisotopic (exact) mass is 447 g/mol. The van der Waals surface area contributed by atoms with Crippen molar-refractivity contribution in [3.63, 3.8) is 0 Å². The molecule has 2 atom stereocenters. The smallest absolute Gasteiger partial charge is 0.326 e. The molecule has 2 unspecified atom stereocenters. The number of carboxylic acids is 1. The number of amides is 1. The van der Waals surface area contributed by atoms with Crippen molar-refractivity contribution < 1.29 is 19.4 Å². The lowest BCUT2D eigenvalue weighted by Crippen LogP contribution is -2.49. The number of piperazine rings is 1. The van der Waals surface area contributed by atoms with Crippen LogP contribution in [0.15, 0.2) is 66.7 Å². The Kier molecular flexibility index (Phi) is 7.22. The first-order chi connectivity index (χ1) is 16.0. The number of carbonyl (C=O) groups is 2. The van der Waals surface area contributed by atoms with Crippen LogP contribution in [-0.4, -0.2) is 60.3 Å². The van der Waals surface area contributed by atoms with Crippen LogP contribution in [0.1, 0.15) is 22.8 Å². The van der Waals surface area contributed by atoms with Crippen molar-refractivity contribution in [2.24, 2.45) is 0 Å². The minimum Gasteiger partial charge on any atom is -0.480 e. The number of rotatable bonds is 8. The highest BCUT2D eigenvalue weighted by Gasteiger charge is 2.21. The van der Waals surface area contributed by atoms with Crippen LogP contribution in [0, 0.1) is 0 Å². The summed E-state index contributed by atoms with van der Waals surface area (Å²) in [5.41, 5.74) is 1.27. The first-order valence-electron chi connectivity index (χ1n) is 11.2. The Bertz CT molecular complexity index is 1110. The van der Waals surface area contributed by atoms with E-state index in [9.17, 15) is 14.7 Å². The predicted octanol–water partition coefficient (Wildman–Crippen LogP) is 2.90. The highest BCUT2D eigenvalue weighted by molar-refractivity contribution is 5.96. The Labute approximate surface area is 193 Å². The van der Waals surface area contributed by atoms with Crippen molar-refractivity contribution in [2.45, 2.75) is 25.6 Å². The maximum atomic E-state index is 12.4. The van der Waals surface area contributed by atoms with Crippen LogP contribution >= 0.6 is 0 Å². The van der Waals surface area contributed by atoms with E-state index in [1.54, 1.807) is 24.3 Å². The number of hydrogen-bond acceptors (Lipinski definition) is 5. The molecule has 1 fully saturated rings. The second-order valence-electron chi connectivity index (χ2n) is 8.28. The van der Waals surface area contributed by atoms with Gasteiger partial charge in [0, 0.05) is 38.2 Å². The van der Waals surface area contributed by atoms with Crippen LogP contribution in [0.2, 0.25) is 0 Å². The Morgan fingerprint density at radius 2 is 1.73 bits per heavy atom. The lowest BCUT2D eigenvalue weighted by molar-refractivity contribution is -0.139. The highest BCUT2D eigenvalue weighted by Crippen LogP contribution is 2.24. The van der Waals surface area contributed by atoms with Crippen LogP contribution in [0.25, 0.3) is 10.8 Å². The quantitative estimate of drug-likeness (QED) is 0.492.